The van der Waals surface area contributed by atoms with Crippen LogP contribution in [0.2, 0.25) is 0 Å². The molecule has 2 aromatic rings. The van der Waals surface area contributed by atoms with Gasteiger partial charge in [-0.25, -0.2) is 0 Å². The average Bonchev–Trinajstić information content (AvgIpc) is 2.92. The van der Waals surface area contributed by atoms with Gasteiger partial charge in [0.15, 0.2) is 0 Å². The van der Waals surface area contributed by atoms with Crippen LogP contribution in [0.3, 0.4) is 0 Å². The van der Waals surface area contributed by atoms with Crippen molar-refractivity contribution in [2.45, 2.75) is 72.4 Å². The van der Waals surface area contributed by atoms with Crippen LogP contribution in [-0.2, 0) is 17.8 Å². The van der Waals surface area contributed by atoms with E-state index in [1.165, 1.54) is 12.8 Å². The van der Waals surface area contributed by atoms with Crippen LogP contribution in [0, 0.1) is 13.8 Å². The molecule has 1 atom stereocenters. The summed E-state index contributed by atoms with van der Waals surface area (Å²) in [4.78, 5) is 12.1. The Morgan fingerprint density at radius 3 is 2.58 bits per heavy atom. The molecule has 1 aromatic carbocycles. The van der Waals surface area contributed by atoms with Crippen LogP contribution in [0.5, 0.6) is 5.75 Å². The molecule has 0 aliphatic rings. The molecule has 0 saturated carbocycles. The minimum absolute atomic E-state index is 0.0680. The number of aromatic nitrogens is 1. The number of nitrogens with zero attached hydrogens (tertiary/aromatic N) is 1. The number of carbonyl (C=O) groups is 1. The van der Waals surface area contributed by atoms with Crippen LogP contribution in [0.15, 0.2) is 28.8 Å². The van der Waals surface area contributed by atoms with Crippen molar-refractivity contribution in [3.63, 3.8) is 0 Å². The van der Waals surface area contributed by atoms with E-state index in [1.54, 1.807) is 0 Å². The van der Waals surface area contributed by atoms with Crippen molar-refractivity contribution in [2.24, 2.45) is 0 Å². The summed E-state index contributed by atoms with van der Waals surface area (Å²) in [6.45, 7) is 8.46. The molecule has 5 nitrogen and oxygen atoms in total. The first-order chi connectivity index (χ1) is 12.5. The molecule has 1 heterocycles. The third-order valence-corrected chi connectivity index (χ3v) is 4.50. The zero-order valence-electron chi connectivity index (χ0n) is 16.3. The van der Waals surface area contributed by atoms with Gasteiger partial charge in [0.05, 0.1) is 17.7 Å². The van der Waals surface area contributed by atoms with Crippen LogP contribution in [-0.4, -0.2) is 17.1 Å². The molecular formula is C21H30N2O3. The smallest absolute Gasteiger partial charge is 0.224 e. The Morgan fingerprint density at radius 1 is 1.23 bits per heavy atom. The van der Waals surface area contributed by atoms with Crippen molar-refractivity contribution in [1.29, 1.82) is 0 Å². The standard InChI is InChI=1S/C21H30N2O3/c1-5-6-7-8-15(2)22-21(24)13-18-9-11-19(12-10-18)25-14-20-16(3)23-26-17(20)4/h9-12,15H,5-8,13-14H2,1-4H3,(H,22,24). The molecule has 5 heteroatoms. The van der Waals surface area contributed by atoms with Crippen LogP contribution in [0.1, 0.15) is 62.1 Å². The Bertz CT molecular complexity index is 672. The van der Waals surface area contributed by atoms with Crippen LogP contribution >= 0.6 is 0 Å². The molecule has 0 saturated heterocycles. The Balaban J connectivity index is 1.78. The quantitative estimate of drug-likeness (QED) is 0.635. The highest BCUT2D eigenvalue weighted by Gasteiger charge is 2.10. The molecule has 142 valence electrons. The van der Waals surface area contributed by atoms with E-state index in [2.05, 4.69) is 24.3 Å². The van der Waals surface area contributed by atoms with Crippen LogP contribution in [0.25, 0.3) is 0 Å². The number of rotatable bonds is 10. The number of amides is 1. The minimum Gasteiger partial charge on any atom is -0.489 e. The van der Waals surface area contributed by atoms with Gasteiger partial charge in [-0.05, 0) is 44.9 Å². The lowest BCUT2D eigenvalue weighted by molar-refractivity contribution is -0.121. The maximum Gasteiger partial charge on any atom is 0.224 e. The van der Waals surface area contributed by atoms with Crippen molar-refractivity contribution in [2.75, 3.05) is 0 Å². The molecule has 0 spiro atoms. The third-order valence-electron chi connectivity index (χ3n) is 4.50. The van der Waals surface area contributed by atoms with Crippen molar-refractivity contribution in [1.82, 2.24) is 10.5 Å². The zero-order valence-corrected chi connectivity index (χ0v) is 16.3. The molecule has 2 rings (SSSR count). The molecule has 0 aliphatic carbocycles. The van der Waals surface area contributed by atoms with Gasteiger partial charge in [-0.2, -0.15) is 0 Å². The highest BCUT2D eigenvalue weighted by Crippen LogP contribution is 2.18. The molecule has 0 fully saturated rings. The molecule has 1 unspecified atom stereocenters. The zero-order chi connectivity index (χ0) is 18.9. The van der Waals surface area contributed by atoms with E-state index >= 15 is 0 Å². The lowest BCUT2D eigenvalue weighted by Crippen LogP contribution is -2.33. The van der Waals surface area contributed by atoms with E-state index in [1.807, 2.05) is 38.1 Å². The summed E-state index contributed by atoms with van der Waals surface area (Å²) in [5.41, 5.74) is 2.81. The summed E-state index contributed by atoms with van der Waals surface area (Å²) in [7, 11) is 0. The van der Waals surface area contributed by atoms with Crippen molar-refractivity contribution >= 4 is 5.91 Å². The van der Waals surface area contributed by atoms with Crippen molar-refractivity contribution < 1.29 is 14.1 Å². The van der Waals surface area contributed by atoms with Gasteiger partial charge in [-0.1, -0.05) is 43.5 Å². The van der Waals surface area contributed by atoms with E-state index in [-0.39, 0.29) is 11.9 Å². The topological polar surface area (TPSA) is 64.4 Å². The molecule has 1 amide bonds. The second-order valence-corrected chi connectivity index (χ2v) is 6.88. The van der Waals surface area contributed by atoms with Crippen LogP contribution < -0.4 is 10.1 Å². The summed E-state index contributed by atoms with van der Waals surface area (Å²) in [5, 5.41) is 6.99. The number of carbonyl (C=O) groups excluding carboxylic acids is 1. The molecule has 0 aliphatic heterocycles. The Kier molecular flexibility index (Phi) is 7.70. The highest BCUT2D eigenvalue weighted by atomic mass is 16.5. The minimum atomic E-state index is 0.0680. The Hall–Kier alpha value is -2.30. The Morgan fingerprint density at radius 2 is 1.96 bits per heavy atom. The fourth-order valence-electron chi connectivity index (χ4n) is 2.85. The largest absolute Gasteiger partial charge is 0.489 e. The number of nitrogens with one attached hydrogen (secondary N) is 1. The lowest BCUT2D eigenvalue weighted by Gasteiger charge is -2.13. The van der Waals surface area contributed by atoms with Gasteiger partial charge in [0.25, 0.3) is 0 Å². The van der Waals surface area contributed by atoms with E-state index < -0.39 is 0 Å². The maximum atomic E-state index is 12.1. The van der Waals surface area contributed by atoms with Gasteiger partial charge in [0.2, 0.25) is 5.91 Å². The molecule has 1 aromatic heterocycles. The van der Waals surface area contributed by atoms with E-state index in [0.717, 1.165) is 41.2 Å². The lowest BCUT2D eigenvalue weighted by atomic mass is 10.1. The number of hydrogen-bond acceptors (Lipinski definition) is 4. The molecule has 0 bridgehead atoms. The second kappa shape index (κ2) is 10.00. The fourth-order valence-corrected chi connectivity index (χ4v) is 2.85. The summed E-state index contributed by atoms with van der Waals surface area (Å²) in [5.74, 6) is 1.62. The molecule has 1 N–H and O–H groups in total. The Labute approximate surface area is 156 Å². The van der Waals surface area contributed by atoms with Gasteiger partial charge < -0.3 is 14.6 Å². The van der Waals surface area contributed by atoms with Gasteiger partial charge in [0.1, 0.15) is 18.1 Å². The van der Waals surface area contributed by atoms with E-state index in [0.29, 0.717) is 13.0 Å². The summed E-state index contributed by atoms with van der Waals surface area (Å²) < 4.78 is 10.9. The van der Waals surface area contributed by atoms with Crippen molar-refractivity contribution in [3.8, 4) is 5.75 Å². The molecular weight excluding hydrogens is 328 g/mol. The maximum absolute atomic E-state index is 12.1. The van der Waals surface area contributed by atoms with Gasteiger partial charge in [-0.3, -0.25) is 4.79 Å². The van der Waals surface area contributed by atoms with Crippen LogP contribution in [0.4, 0.5) is 0 Å². The van der Waals surface area contributed by atoms with Gasteiger partial charge >= 0.3 is 0 Å². The summed E-state index contributed by atoms with van der Waals surface area (Å²) in [6.07, 6.45) is 5.01. The van der Waals surface area contributed by atoms with Gasteiger partial charge in [0, 0.05) is 6.04 Å². The summed E-state index contributed by atoms with van der Waals surface area (Å²) >= 11 is 0. The molecule has 0 radical (unpaired) electrons. The predicted octanol–water partition coefficient (Wildman–Crippen LogP) is 4.50. The normalized spacial score (nSPS) is 12.0. The van der Waals surface area contributed by atoms with Crippen molar-refractivity contribution in [3.05, 3.63) is 46.8 Å². The number of unbranched alkanes of at least 4 members (excludes halogenated alkanes) is 2. The SMILES string of the molecule is CCCCCC(C)NC(=O)Cc1ccc(OCc2c(C)noc2C)cc1. The van der Waals surface area contributed by atoms with E-state index in [9.17, 15) is 4.79 Å². The highest BCUT2D eigenvalue weighted by molar-refractivity contribution is 5.78. The number of benzene rings is 1. The predicted molar refractivity (Wildman–Crippen MR) is 102 cm³/mol. The third kappa shape index (κ3) is 6.21. The first-order valence-corrected chi connectivity index (χ1v) is 9.42. The summed E-state index contributed by atoms with van der Waals surface area (Å²) in [6, 6.07) is 7.89. The first-order valence-electron chi connectivity index (χ1n) is 9.42. The van der Waals surface area contributed by atoms with E-state index in [4.69, 9.17) is 9.26 Å². The van der Waals surface area contributed by atoms with Gasteiger partial charge in [-0.15, -0.1) is 0 Å². The monoisotopic (exact) mass is 358 g/mol. The number of hydrogen-bond donors (Lipinski definition) is 1. The number of aryl methyl sites for hydroxylation is 2. The second-order valence-electron chi connectivity index (χ2n) is 6.88. The fraction of sp³-hybridized carbons (Fsp3) is 0.524. The first kappa shape index (κ1) is 20.0. The molecule has 26 heavy (non-hydrogen) atoms. The average molecular weight is 358 g/mol. The number of ether oxygens (including phenoxy) is 1.